The number of benzene rings is 1. The van der Waals surface area contributed by atoms with Crippen molar-refractivity contribution in [3.63, 3.8) is 0 Å². The molecule has 0 saturated carbocycles. The van der Waals surface area contributed by atoms with Gasteiger partial charge >= 0.3 is 0 Å². The van der Waals surface area contributed by atoms with Crippen molar-refractivity contribution < 1.29 is 12.8 Å². The number of nitrogens with zero attached hydrogens (tertiary/aromatic N) is 2. The predicted molar refractivity (Wildman–Crippen MR) is 77.9 cm³/mol. The molecule has 8 heteroatoms. The van der Waals surface area contributed by atoms with Crippen LogP contribution in [-0.4, -0.2) is 25.2 Å². The van der Waals surface area contributed by atoms with E-state index in [1.54, 1.807) is 14.1 Å². The van der Waals surface area contributed by atoms with Crippen molar-refractivity contribution in [1.82, 2.24) is 15.1 Å². The van der Waals surface area contributed by atoms with Crippen LogP contribution in [0.15, 0.2) is 29.4 Å². The maximum Gasteiger partial charge on any atom is 0.262 e. The lowest BCUT2D eigenvalue weighted by Crippen LogP contribution is -2.16. The molecule has 0 radical (unpaired) electrons. The lowest BCUT2D eigenvalue weighted by atomic mass is 10.1. The highest BCUT2D eigenvalue weighted by Gasteiger charge is 2.20. The Bertz CT molecular complexity index is 756. The third kappa shape index (κ3) is 3.40. The zero-order valence-corrected chi connectivity index (χ0v) is 12.8. The molecule has 2 rings (SSSR count). The van der Waals surface area contributed by atoms with Gasteiger partial charge in [-0.3, -0.25) is 9.40 Å². The van der Waals surface area contributed by atoms with Gasteiger partial charge in [0.1, 0.15) is 5.82 Å². The molecule has 1 aromatic heterocycles. The number of anilines is 1. The van der Waals surface area contributed by atoms with Crippen LogP contribution in [0.5, 0.6) is 0 Å². The molecule has 0 aliphatic heterocycles. The van der Waals surface area contributed by atoms with Gasteiger partial charge in [-0.05, 0) is 31.7 Å². The van der Waals surface area contributed by atoms with E-state index in [4.69, 9.17) is 0 Å². The molecule has 2 aromatic rings. The van der Waals surface area contributed by atoms with Gasteiger partial charge < -0.3 is 5.32 Å². The van der Waals surface area contributed by atoms with Crippen LogP contribution in [0.3, 0.4) is 0 Å². The van der Waals surface area contributed by atoms with Crippen molar-refractivity contribution >= 4 is 15.7 Å². The van der Waals surface area contributed by atoms with E-state index in [0.717, 1.165) is 0 Å². The topological polar surface area (TPSA) is 76.0 Å². The van der Waals surface area contributed by atoms with E-state index < -0.39 is 15.8 Å². The molecule has 0 bridgehead atoms. The van der Waals surface area contributed by atoms with Gasteiger partial charge in [0.25, 0.3) is 10.0 Å². The second-order valence-electron chi connectivity index (χ2n) is 4.74. The Labute approximate surface area is 123 Å². The van der Waals surface area contributed by atoms with E-state index in [1.807, 2.05) is 0 Å². The zero-order valence-electron chi connectivity index (χ0n) is 12.0. The molecule has 0 atom stereocenters. The van der Waals surface area contributed by atoms with Crippen molar-refractivity contribution in [1.29, 1.82) is 0 Å². The van der Waals surface area contributed by atoms with Crippen molar-refractivity contribution in [2.75, 3.05) is 11.8 Å². The standard InChI is InChI=1S/C13H17FN4O2S/c1-9-12(14)4-10(6-15-2)5-13(9)21(19,20)17-11-7-16-18(3)8-11/h4-5,7-8,15,17H,6H2,1-3H3. The number of rotatable bonds is 5. The van der Waals surface area contributed by atoms with Gasteiger partial charge in [-0.25, -0.2) is 12.8 Å². The Morgan fingerprint density at radius 1 is 1.38 bits per heavy atom. The summed E-state index contributed by atoms with van der Waals surface area (Å²) in [5, 5.41) is 6.75. The summed E-state index contributed by atoms with van der Waals surface area (Å²) in [5.74, 6) is -0.547. The number of hydrogen-bond acceptors (Lipinski definition) is 4. The maximum absolute atomic E-state index is 13.9. The Morgan fingerprint density at radius 3 is 2.67 bits per heavy atom. The molecular weight excluding hydrogens is 295 g/mol. The normalized spacial score (nSPS) is 11.6. The van der Waals surface area contributed by atoms with Gasteiger partial charge in [0.05, 0.1) is 16.8 Å². The highest BCUT2D eigenvalue weighted by Crippen LogP contribution is 2.23. The molecule has 0 unspecified atom stereocenters. The SMILES string of the molecule is CNCc1cc(F)c(C)c(S(=O)(=O)Nc2cnn(C)c2)c1. The molecule has 0 saturated heterocycles. The quantitative estimate of drug-likeness (QED) is 0.875. The number of nitrogens with one attached hydrogen (secondary N) is 2. The van der Waals surface area contributed by atoms with Crippen LogP contribution in [0, 0.1) is 12.7 Å². The lowest BCUT2D eigenvalue weighted by Gasteiger charge is -2.12. The average Bonchev–Trinajstić information content (AvgIpc) is 2.78. The van der Waals surface area contributed by atoms with Crippen LogP contribution in [0.1, 0.15) is 11.1 Å². The molecule has 21 heavy (non-hydrogen) atoms. The number of hydrogen-bond donors (Lipinski definition) is 2. The summed E-state index contributed by atoms with van der Waals surface area (Å²) in [6, 6.07) is 2.79. The molecule has 2 N–H and O–H groups in total. The average molecular weight is 312 g/mol. The van der Waals surface area contributed by atoms with Gasteiger partial charge in [0.2, 0.25) is 0 Å². The molecule has 0 spiro atoms. The molecule has 1 heterocycles. The number of aromatic nitrogens is 2. The largest absolute Gasteiger partial charge is 0.316 e. The monoisotopic (exact) mass is 312 g/mol. The highest BCUT2D eigenvalue weighted by atomic mass is 32.2. The van der Waals surface area contributed by atoms with Crippen molar-refractivity contribution in [3.05, 3.63) is 41.5 Å². The van der Waals surface area contributed by atoms with E-state index >= 15 is 0 Å². The summed E-state index contributed by atoms with van der Waals surface area (Å²) >= 11 is 0. The molecule has 0 aliphatic rings. The fourth-order valence-corrected chi connectivity index (χ4v) is 3.31. The Balaban J connectivity index is 2.43. The second-order valence-corrected chi connectivity index (χ2v) is 6.39. The first-order valence-corrected chi connectivity index (χ1v) is 7.77. The van der Waals surface area contributed by atoms with E-state index in [0.29, 0.717) is 17.8 Å². The van der Waals surface area contributed by atoms with Crippen LogP contribution >= 0.6 is 0 Å². The Kier molecular flexibility index (Phi) is 4.29. The summed E-state index contributed by atoms with van der Waals surface area (Å²) in [5.41, 5.74) is 0.981. The van der Waals surface area contributed by atoms with Gasteiger partial charge in [-0.1, -0.05) is 0 Å². The van der Waals surface area contributed by atoms with Gasteiger partial charge in [-0.2, -0.15) is 5.10 Å². The summed E-state index contributed by atoms with van der Waals surface area (Å²) in [4.78, 5) is -0.0726. The van der Waals surface area contributed by atoms with Gasteiger partial charge in [0, 0.05) is 25.4 Å². The molecular formula is C13H17FN4O2S. The molecule has 0 amide bonds. The molecule has 1 aromatic carbocycles. The second kappa shape index (κ2) is 5.82. The summed E-state index contributed by atoms with van der Waals surface area (Å²) in [6.45, 7) is 1.82. The van der Waals surface area contributed by atoms with Crippen LogP contribution in [0.25, 0.3) is 0 Å². The first kappa shape index (κ1) is 15.5. The highest BCUT2D eigenvalue weighted by molar-refractivity contribution is 7.92. The predicted octanol–water partition coefficient (Wildman–Crippen LogP) is 1.39. The maximum atomic E-state index is 13.9. The number of sulfonamides is 1. The molecule has 0 fully saturated rings. The molecule has 114 valence electrons. The van der Waals surface area contributed by atoms with Crippen LogP contribution in [0.2, 0.25) is 0 Å². The smallest absolute Gasteiger partial charge is 0.262 e. The van der Waals surface area contributed by atoms with E-state index in [1.165, 1.54) is 36.1 Å². The van der Waals surface area contributed by atoms with Crippen LogP contribution in [-0.2, 0) is 23.6 Å². The van der Waals surface area contributed by atoms with Crippen molar-refractivity contribution in [3.8, 4) is 0 Å². The zero-order chi connectivity index (χ0) is 15.6. The number of aryl methyl sites for hydroxylation is 1. The summed E-state index contributed by atoms with van der Waals surface area (Å²) in [7, 11) is -0.480. The summed E-state index contributed by atoms with van der Waals surface area (Å²) in [6.07, 6.45) is 2.92. The molecule has 0 aliphatic carbocycles. The van der Waals surface area contributed by atoms with E-state index in [9.17, 15) is 12.8 Å². The first-order valence-electron chi connectivity index (χ1n) is 6.28. The van der Waals surface area contributed by atoms with Gasteiger partial charge in [0.15, 0.2) is 0 Å². The summed E-state index contributed by atoms with van der Waals surface area (Å²) < 4.78 is 42.6. The first-order chi connectivity index (χ1) is 9.83. The fraction of sp³-hybridized carbons (Fsp3) is 0.308. The third-order valence-corrected chi connectivity index (χ3v) is 4.49. The lowest BCUT2D eigenvalue weighted by molar-refractivity contribution is 0.588. The minimum absolute atomic E-state index is 0.0726. The minimum atomic E-state index is -3.87. The number of halogens is 1. The van der Waals surface area contributed by atoms with E-state index in [-0.39, 0.29) is 10.5 Å². The Hall–Kier alpha value is -1.93. The van der Waals surface area contributed by atoms with Crippen LogP contribution < -0.4 is 10.0 Å². The van der Waals surface area contributed by atoms with Crippen LogP contribution in [0.4, 0.5) is 10.1 Å². The fourth-order valence-electron chi connectivity index (χ4n) is 1.98. The van der Waals surface area contributed by atoms with Crippen molar-refractivity contribution in [2.24, 2.45) is 7.05 Å². The van der Waals surface area contributed by atoms with Gasteiger partial charge in [-0.15, -0.1) is 0 Å². The Morgan fingerprint density at radius 2 is 2.10 bits per heavy atom. The minimum Gasteiger partial charge on any atom is -0.316 e. The van der Waals surface area contributed by atoms with E-state index in [2.05, 4.69) is 15.1 Å². The van der Waals surface area contributed by atoms with Crippen molar-refractivity contribution in [2.45, 2.75) is 18.4 Å². The third-order valence-electron chi connectivity index (χ3n) is 2.98. The molecule has 6 nitrogen and oxygen atoms in total.